The molecule has 2 aliphatic rings. The van der Waals surface area contributed by atoms with Gasteiger partial charge in [0.2, 0.25) is 0 Å². The lowest BCUT2D eigenvalue weighted by Crippen LogP contribution is -2.42. The number of ketones is 1. The van der Waals surface area contributed by atoms with Crippen molar-refractivity contribution in [3.8, 4) is 0 Å². The van der Waals surface area contributed by atoms with E-state index >= 15 is 0 Å². The highest BCUT2D eigenvalue weighted by molar-refractivity contribution is 7.91. The van der Waals surface area contributed by atoms with E-state index in [0.29, 0.717) is 23.2 Å². The second kappa shape index (κ2) is 7.58. The highest BCUT2D eigenvalue weighted by Crippen LogP contribution is 2.32. The summed E-state index contributed by atoms with van der Waals surface area (Å²) in [7, 11) is -3.08. The fourth-order valence-electron chi connectivity index (χ4n) is 4.99. The Morgan fingerprint density at radius 3 is 2.50 bits per heavy atom. The summed E-state index contributed by atoms with van der Waals surface area (Å²) < 4.78 is 25.7. The van der Waals surface area contributed by atoms with E-state index < -0.39 is 27.3 Å². The van der Waals surface area contributed by atoms with Crippen LogP contribution in [0, 0.1) is 20.8 Å². The number of carbonyl (C=O) groups excluding carboxylic acids is 3. The maximum absolute atomic E-state index is 13.2. The number of amides is 3. The van der Waals surface area contributed by atoms with Gasteiger partial charge in [-0.25, -0.2) is 13.2 Å². The first kappa shape index (κ1) is 22.3. The van der Waals surface area contributed by atoms with Crippen LogP contribution in [0.15, 0.2) is 30.3 Å². The van der Waals surface area contributed by atoms with Gasteiger partial charge in [-0.1, -0.05) is 24.3 Å². The second-order valence-corrected chi connectivity index (χ2v) is 11.1. The molecule has 4 rings (SSSR count). The van der Waals surface area contributed by atoms with Crippen molar-refractivity contribution in [3.05, 3.63) is 58.4 Å². The van der Waals surface area contributed by atoms with Gasteiger partial charge in [-0.3, -0.25) is 14.5 Å². The lowest BCUT2D eigenvalue weighted by molar-refractivity contribution is -0.130. The van der Waals surface area contributed by atoms with Crippen molar-refractivity contribution >= 4 is 27.6 Å². The van der Waals surface area contributed by atoms with Crippen molar-refractivity contribution in [1.82, 2.24) is 14.8 Å². The molecule has 0 aliphatic carbocycles. The largest absolute Gasteiger partial charge is 0.344 e. The quantitative estimate of drug-likeness (QED) is 0.548. The van der Waals surface area contributed by atoms with Crippen molar-refractivity contribution in [2.45, 2.75) is 45.7 Å². The first-order chi connectivity index (χ1) is 14.9. The van der Waals surface area contributed by atoms with E-state index in [1.54, 1.807) is 32.0 Å². The summed E-state index contributed by atoms with van der Waals surface area (Å²) in [5.74, 6) is -0.639. The maximum atomic E-state index is 13.2. The SMILES string of the molecule is Cc1ccccc1C1(C)NC(=O)N(CC(=O)c2cc(C)n(C3CCS(=O)(=O)C3)c2C)C1=O. The molecule has 2 unspecified atom stereocenters. The van der Waals surface area contributed by atoms with Crippen molar-refractivity contribution in [2.24, 2.45) is 0 Å². The smallest absolute Gasteiger partial charge is 0.325 e. The summed E-state index contributed by atoms with van der Waals surface area (Å²) in [5.41, 5.74) is 2.16. The molecule has 0 radical (unpaired) electrons. The molecule has 1 aromatic carbocycles. The number of aryl methyl sites for hydroxylation is 2. The number of Topliss-reactive ketones (excluding diaryl/α,β-unsaturated/α-hetero) is 1. The molecule has 2 fully saturated rings. The summed E-state index contributed by atoms with van der Waals surface area (Å²) in [5, 5.41) is 2.74. The average Bonchev–Trinajstić information content (AvgIpc) is 3.29. The molecule has 8 nitrogen and oxygen atoms in total. The van der Waals surface area contributed by atoms with Crippen molar-refractivity contribution in [3.63, 3.8) is 0 Å². The Morgan fingerprint density at radius 2 is 1.88 bits per heavy atom. The predicted molar refractivity (Wildman–Crippen MR) is 119 cm³/mol. The third-order valence-electron chi connectivity index (χ3n) is 6.62. The zero-order valence-corrected chi connectivity index (χ0v) is 19.5. The number of urea groups is 1. The molecule has 1 aromatic heterocycles. The number of hydrogen-bond donors (Lipinski definition) is 1. The summed E-state index contributed by atoms with van der Waals surface area (Å²) in [6, 6.07) is 8.22. The van der Waals surface area contributed by atoms with Crippen LogP contribution in [0.1, 0.15) is 52.3 Å². The molecule has 2 atom stereocenters. The van der Waals surface area contributed by atoms with Gasteiger partial charge in [0, 0.05) is 23.0 Å². The van der Waals surface area contributed by atoms with Crippen LogP contribution in [0.2, 0.25) is 0 Å². The van der Waals surface area contributed by atoms with Gasteiger partial charge in [-0.2, -0.15) is 0 Å². The minimum absolute atomic E-state index is 0.0544. The van der Waals surface area contributed by atoms with Crippen molar-refractivity contribution in [1.29, 1.82) is 0 Å². The number of sulfone groups is 1. The van der Waals surface area contributed by atoms with Crippen LogP contribution >= 0.6 is 0 Å². The fourth-order valence-corrected chi connectivity index (χ4v) is 6.69. The van der Waals surface area contributed by atoms with Gasteiger partial charge in [0.1, 0.15) is 5.54 Å². The first-order valence-electron chi connectivity index (χ1n) is 10.6. The van der Waals surface area contributed by atoms with Crippen LogP contribution in [0.25, 0.3) is 0 Å². The number of imide groups is 1. The van der Waals surface area contributed by atoms with Gasteiger partial charge in [-0.15, -0.1) is 0 Å². The maximum Gasteiger partial charge on any atom is 0.325 e. The zero-order chi connectivity index (χ0) is 23.4. The molecule has 32 heavy (non-hydrogen) atoms. The minimum atomic E-state index is -3.08. The Balaban J connectivity index is 1.59. The third kappa shape index (κ3) is 3.54. The topological polar surface area (TPSA) is 106 Å². The summed E-state index contributed by atoms with van der Waals surface area (Å²) in [6.45, 7) is 6.74. The van der Waals surface area contributed by atoms with E-state index in [0.717, 1.165) is 16.2 Å². The van der Waals surface area contributed by atoms with Gasteiger partial charge < -0.3 is 9.88 Å². The molecule has 0 saturated carbocycles. The van der Waals surface area contributed by atoms with Gasteiger partial charge in [0.15, 0.2) is 15.6 Å². The second-order valence-electron chi connectivity index (χ2n) is 8.90. The highest BCUT2D eigenvalue weighted by atomic mass is 32.2. The molecule has 0 spiro atoms. The van der Waals surface area contributed by atoms with E-state index in [1.807, 2.05) is 30.5 Å². The van der Waals surface area contributed by atoms with E-state index in [4.69, 9.17) is 0 Å². The average molecular weight is 458 g/mol. The molecule has 170 valence electrons. The monoisotopic (exact) mass is 457 g/mol. The third-order valence-corrected chi connectivity index (χ3v) is 8.37. The Kier molecular flexibility index (Phi) is 5.27. The van der Waals surface area contributed by atoms with Crippen LogP contribution in [-0.4, -0.2) is 53.7 Å². The summed E-state index contributed by atoms with van der Waals surface area (Å²) in [4.78, 5) is 40.0. The number of carbonyl (C=O) groups is 3. The van der Waals surface area contributed by atoms with Crippen molar-refractivity contribution < 1.29 is 22.8 Å². The predicted octanol–water partition coefficient (Wildman–Crippen LogP) is 2.42. The lowest BCUT2D eigenvalue weighted by Gasteiger charge is -2.24. The van der Waals surface area contributed by atoms with Gasteiger partial charge >= 0.3 is 6.03 Å². The molecule has 0 bridgehead atoms. The molecule has 3 heterocycles. The number of aromatic nitrogens is 1. The normalized spacial score (nSPS) is 24.8. The van der Waals surface area contributed by atoms with E-state index in [2.05, 4.69) is 5.32 Å². The lowest BCUT2D eigenvalue weighted by atomic mass is 9.88. The van der Waals surface area contributed by atoms with Gasteiger partial charge in [0.05, 0.1) is 18.1 Å². The molecule has 3 amide bonds. The molecule has 2 saturated heterocycles. The highest BCUT2D eigenvalue weighted by Gasteiger charge is 2.50. The van der Waals surface area contributed by atoms with Gasteiger partial charge in [0.25, 0.3) is 5.91 Å². The number of benzene rings is 1. The van der Waals surface area contributed by atoms with E-state index in [1.165, 1.54) is 0 Å². The molecule has 2 aliphatic heterocycles. The Bertz CT molecular complexity index is 1250. The van der Waals surface area contributed by atoms with Crippen LogP contribution in [0.4, 0.5) is 4.79 Å². The number of hydrogen-bond acceptors (Lipinski definition) is 5. The molecule has 1 N–H and O–H groups in total. The van der Waals surface area contributed by atoms with Crippen LogP contribution in [0.3, 0.4) is 0 Å². The number of nitrogens with zero attached hydrogens (tertiary/aromatic N) is 2. The molecular weight excluding hydrogens is 430 g/mol. The van der Waals surface area contributed by atoms with Crippen molar-refractivity contribution in [2.75, 3.05) is 18.1 Å². The summed E-state index contributed by atoms with van der Waals surface area (Å²) >= 11 is 0. The van der Waals surface area contributed by atoms with Crippen LogP contribution in [-0.2, 0) is 20.2 Å². The van der Waals surface area contributed by atoms with E-state index in [9.17, 15) is 22.8 Å². The minimum Gasteiger partial charge on any atom is -0.344 e. The van der Waals surface area contributed by atoms with E-state index in [-0.39, 0.29) is 29.9 Å². The molecule has 9 heteroatoms. The molecule has 2 aromatic rings. The fraction of sp³-hybridized carbons (Fsp3) is 0.435. The zero-order valence-electron chi connectivity index (χ0n) is 18.6. The Hall–Kier alpha value is -2.94. The molecular formula is C23H27N3O5S. The van der Waals surface area contributed by atoms with Crippen LogP contribution < -0.4 is 5.32 Å². The van der Waals surface area contributed by atoms with Gasteiger partial charge in [-0.05, 0) is 51.3 Å². The number of rotatable bonds is 5. The number of nitrogens with one attached hydrogen (secondary N) is 1. The Labute approximate surface area is 187 Å². The standard InChI is InChI=1S/C23H27N3O5S/c1-14-7-5-6-8-19(14)23(4)21(28)25(22(29)24-23)12-20(27)18-11-15(2)26(16(18)3)17-9-10-32(30,31)13-17/h5-8,11,17H,9-10,12-13H2,1-4H3,(H,24,29). The summed E-state index contributed by atoms with van der Waals surface area (Å²) in [6.07, 6.45) is 0.508. The Morgan fingerprint density at radius 1 is 1.19 bits per heavy atom. The van der Waals surface area contributed by atoms with Crippen LogP contribution in [0.5, 0.6) is 0 Å². The first-order valence-corrected chi connectivity index (χ1v) is 12.4.